The van der Waals surface area contributed by atoms with Gasteiger partial charge in [0.05, 0.1) is 6.42 Å². The van der Waals surface area contributed by atoms with Crippen LogP contribution >= 0.6 is 11.3 Å². The van der Waals surface area contributed by atoms with Crippen molar-refractivity contribution < 1.29 is 4.79 Å². The maximum Gasteiger partial charge on any atom is 0.225 e. The van der Waals surface area contributed by atoms with Crippen LogP contribution in [0.4, 0.5) is 0 Å². The molecule has 2 bridgehead atoms. The molecule has 1 aromatic rings. The smallest absolute Gasteiger partial charge is 0.225 e. The van der Waals surface area contributed by atoms with Crippen LogP contribution in [0, 0.1) is 0 Å². The lowest BCUT2D eigenvalue weighted by molar-refractivity contribution is -0.121. The first-order chi connectivity index (χ1) is 8.81. The molecule has 4 rings (SSSR count). The molecule has 3 aliphatic heterocycles. The van der Waals surface area contributed by atoms with Gasteiger partial charge < -0.3 is 5.32 Å². The van der Waals surface area contributed by atoms with E-state index in [-0.39, 0.29) is 5.91 Å². The lowest BCUT2D eigenvalue weighted by atomic mass is 10.1. The Morgan fingerprint density at radius 3 is 2.83 bits per heavy atom. The lowest BCUT2D eigenvalue weighted by Gasteiger charge is -2.47. The number of nitrogens with zero attached hydrogens (tertiary/aromatic N) is 2. The van der Waals surface area contributed by atoms with Crippen molar-refractivity contribution in [1.82, 2.24) is 15.1 Å². The second kappa shape index (κ2) is 5.38. The minimum Gasteiger partial charge on any atom is -0.354 e. The minimum absolute atomic E-state index is 0.148. The second-order valence-corrected chi connectivity index (χ2v) is 6.08. The summed E-state index contributed by atoms with van der Waals surface area (Å²) in [4.78, 5) is 18.0. The molecule has 0 aliphatic carbocycles. The Kier molecular flexibility index (Phi) is 3.63. The highest BCUT2D eigenvalue weighted by Crippen LogP contribution is 2.15. The summed E-state index contributed by atoms with van der Waals surface area (Å²) < 4.78 is 0. The molecule has 1 N–H and O–H groups in total. The number of rotatable bonds is 4. The van der Waals surface area contributed by atoms with Gasteiger partial charge in [0.25, 0.3) is 0 Å². The molecule has 3 fully saturated rings. The van der Waals surface area contributed by atoms with Crippen molar-refractivity contribution in [2.24, 2.45) is 0 Å². The van der Waals surface area contributed by atoms with Crippen LogP contribution < -0.4 is 5.32 Å². The Morgan fingerprint density at radius 1 is 1.39 bits per heavy atom. The summed E-state index contributed by atoms with van der Waals surface area (Å²) in [6.07, 6.45) is 0.522. The van der Waals surface area contributed by atoms with E-state index in [2.05, 4.69) is 15.1 Å². The van der Waals surface area contributed by atoms with Crippen LogP contribution in [0.3, 0.4) is 0 Å². The summed E-state index contributed by atoms with van der Waals surface area (Å²) in [7, 11) is 0. The second-order valence-electron chi connectivity index (χ2n) is 5.05. The number of thiophene rings is 1. The number of carbonyl (C=O) groups is 1. The summed E-state index contributed by atoms with van der Waals surface area (Å²) in [5.74, 6) is 0.148. The molecule has 0 radical (unpaired) electrons. The first-order valence-corrected chi connectivity index (χ1v) is 7.45. The molecule has 98 valence electrons. The zero-order valence-electron chi connectivity index (χ0n) is 10.5. The third kappa shape index (κ3) is 2.74. The van der Waals surface area contributed by atoms with Crippen molar-refractivity contribution >= 4 is 17.2 Å². The summed E-state index contributed by atoms with van der Waals surface area (Å²) in [6, 6.07) is 4.52. The molecule has 1 unspecified atom stereocenters. The van der Waals surface area contributed by atoms with E-state index in [9.17, 15) is 4.79 Å². The number of nitrogens with one attached hydrogen (secondary N) is 1. The number of piperazine rings is 3. The molecule has 3 aliphatic rings. The van der Waals surface area contributed by atoms with Gasteiger partial charge >= 0.3 is 0 Å². The van der Waals surface area contributed by atoms with Crippen LogP contribution in [0.2, 0.25) is 0 Å². The third-order valence-electron chi connectivity index (χ3n) is 3.84. The molecular weight excluding hydrogens is 246 g/mol. The van der Waals surface area contributed by atoms with Crippen LogP contribution in [0.5, 0.6) is 0 Å². The standard InChI is InChI=1S/C13H19N3OS/c17-13(8-12-2-1-7-18-12)14-9-11-10-15-3-5-16(11)6-4-15/h1-2,7,11H,3-6,8-10H2,(H,14,17). The van der Waals surface area contributed by atoms with Crippen LogP contribution in [0.25, 0.3) is 0 Å². The fraction of sp³-hybridized carbons (Fsp3) is 0.615. The summed E-state index contributed by atoms with van der Waals surface area (Å²) in [5.41, 5.74) is 0. The van der Waals surface area contributed by atoms with Gasteiger partial charge in [0.2, 0.25) is 5.91 Å². The summed E-state index contributed by atoms with van der Waals surface area (Å²) in [6.45, 7) is 6.61. The van der Waals surface area contributed by atoms with Crippen LogP contribution in [-0.2, 0) is 11.2 Å². The molecule has 0 saturated carbocycles. The first kappa shape index (κ1) is 12.1. The highest BCUT2D eigenvalue weighted by atomic mass is 32.1. The van der Waals surface area contributed by atoms with Crippen molar-refractivity contribution in [3.8, 4) is 0 Å². The molecular formula is C13H19N3OS. The van der Waals surface area contributed by atoms with Gasteiger partial charge in [-0.1, -0.05) is 6.07 Å². The Labute approximate surface area is 112 Å². The highest BCUT2D eigenvalue weighted by molar-refractivity contribution is 7.10. The number of hydrogen-bond acceptors (Lipinski definition) is 4. The van der Waals surface area contributed by atoms with Crippen LogP contribution in [0.1, 0.15) is 4.88 Å². The fourth-order valence-corrected chi connectivity index (χ4v) is 3.49. The van der Waals surface area contributed by atoms with Gasteiger partial charge in [-0.25, -0.2) is 0 Å². The van der Waals surface area contributed by atoms with Gasteiger partial charge in [-0.15, -0.1) is 11.3 Å². The van der Waals surface area contributed by atoms with Gasteiger partial charge in [0, 0.05) is 50.2 Å². The van der Waals surface area contributed by atoms with Crippen molar-refractivity contribution in [1.29, 1.82) is 0 Å². The van der Waals surface area contributed by atoms with Gasteiger partial charge in [-0.3, -0.25) is 14.6 Å². The largest absolute Gasteiger partial charge is 0.354 e. The zero-order chi connectivity index (χ0) is 12.4. The SMILES string of the molecule is O=C(Cc1cccs1)NCC1CN2CCN1CC2. The van der Waals surface area contributed by atoms with E-state index >= 15 is 0 Å². The van der Waals surface area contributed by atoms with Crippen LogP contribution in [0.15, 0.2) is 17.5 Å². The third-order valence-corrected chi connectivity index (χ3v) is 4.72. The topological polar surface area (TPSA) is 35.6 Å². The van der Waals surface area contributed by atoms with Gasteiger partial charge in [-0.05, 0) is 11.4 Å². The molecule has 1 aromatic heterocycles. The normalized spacial score (nSPS) is 30.3. The predicted molar refractivity (Wildman–Crippen MR) is 72.8 cm³/mol. The minimum atomic E-state index is 0.148. The van der Waals surface area contributed by atoms with E-state index in [0.29, 0.717) is 12.5 Å². The van der Waals surface area contributed by atoms with Gasteiger partial charge in [0.1, 0.15) is 0 Å². The Balaban J connectivity index is 1.45. The highest BCUT2D eigenvalue weighted by Gasteiger charge is 2.31. The Morgan fingerprint density at radius 2 is 2.22 bits per heavy atom. The molecule has 1 amide bonds. The molecule has 0 aromatic carbocycles. The number of fused-ring (bicyclic) bond motifs is 3. The van der Waals surface area contributed by atoms with Gasteiger partial charge in [0.15, 0.2) is 0 Å². The average Bonchev–Trinajstić information content (AvgIpc) is 2.91. The van der Waals surface area contributed by atoms with Crippen molar-refractivity contribution in [3.63, 3.8) is 0 Å². The first-order valence-electron chi connectivity index (χ1n) is 6.57. The molecule has 0 spiro atoms. The molecule has 4 nitrogen and oxygen atoms in total. The molecule has 4 heterocycles. The van der Waals surface area contributed by atoms with E-state index < -0.39 is 0 Å². The molecule has 18 heavy (non-hydrogen) atoms. The Hall–Kier alpha value is -0.910. The number of amides is 1. The van der Waals surface area contributed by atoms with E-state index in [1.807, 2.05) is 17.5 Å². The molecule has 3 saturated heterocycles. The zero-order valence-corrected chi connectivity index (χ0v) is 11.3. The van der Waals surface area contributed by atoms with Crippen molar-refractivity contribution in [2.45, 2.75) is 12.5 Å². The summed E-state index contributed by atoms with van der Waals surface area (Å²) >= 11 is 1.65. The van der Waals surface area contributed by atoms with Crippen LogP contribution in [-0.4, -0.2) is 61.0 Å². The van der Waals surface area contributed by atoms with Gasteiger partial charge in [-0.2, -0.15) is 0 Å². The number of hydrogen-bond donors (Lipinski definition) is 1. The fourth-order valence-electron chi connectivity index (χ4n) is 2.78. The number of carbonyl (C=O) groups excluding carboxylic acids is 1. The quantitative estimate of drug-likeness (QED) is 0.856. The van der Waals surface area contributed by atoms with Crippen molar-refractivity contribution in [2.75, 3.05) is 39.3 Å². The van der Waals surface area contributed by atoms with E-state index in [1.54, 1.807) is 11.3 Å². The summed E-state index contributed by atoms with van der Waals surface area (Å²) in [5, 5.41) is 5.09. The predicted octanol–water partition coefficient (Wildman–Crippen LogP) is 0.407. The molecule has 1 atom stereocenters. The maximum absolute atomic E-state index is 11.8. The Bertz CT molecular complexity index is 398. The van der Waals surface area contributed by atoms with E-state index in [4.69, 9.17) is 0 Å². The maximum atomic E-state index is 11.8. The van der Waals surface area contributed by atoms with E-state index in [1.165, 1.54) is 13.1 Å². The monoisotopic (exact) mass is 265 g/mol. The van der Waals surface area contributed by atoms with E-state index in [0.717, 1.165) is 31.1 Å². The average molecular weight is 265 g/mol. The molecule has 5 heteroatoms. The van der Waals surface area contributed by atoms with Crippen molar-refractivity contribution in [3.05, 3.63) is 22.4 Å². The lowest BCUT2D eigenvalue weighted by Crippen LogP contribution is -2.63.